The van der Waals surface area contributed by atoms with Crippen molar-refractivity contribution in [1.82, 2.24) is 14.8 Å². The van der Waals surface area contributed by atoms with Crippen LogP contribution in [0.15, 0.2) is 18.3 Å². The molecule has 0 amide bonds. The van der Waals surface area contributed by atoms with Gasteiger partial charge in [-0.15, -0.1) is 11.3 Å². The van der Waals surface area contributed by atoms with Crippen LogP contribution < -0.4 is 15.4 Å². The van der Waals surface area contributed by atoms with Gasteiger partial charge in [0.2, 0.25) is 5.88 Å². The normalized spacial score (nSPS) is 20.1. The summed E-state index contributed by atoms with van der Waals surface area (Å²) in [5, 5.41) is 5.25. The quantitative estimate of drug-likeness (QED) is 0.323. The summed E-state index contributed by atoms with van der Waals surface area (Å²) in [5.74, 6) is 2.64. The Morgan fingerprint density at radius 1 is 1.18 bits per heavy atom. The molecule has 0 radical (unpaired) electrons. The third-order valence-corrected chi connectivity index (χ3v) is 11.4. The number of ether oxygens (including phenoxy) is 1. The van der Waals surface area contributed by atoms with Gasteiger partial charge < -0.3 is 15.4 Å². The molecule has 8 heteroatoms. The summed E-state index contributed by atoms with van der Waals surface area (Å²) in [7, 11) is 1.73. The van der Waals surface area contributed by atoms with Gasteiger partial charge in [0.25, 0.3) is 0 Å². The van der Waals surface area contributed by atoms with Gasteiger partial charge in [-0.05, 0) is 89.0 Å². The number of thioether (sulfide) groups is 1. The average Bonchev–Trinajstić information content (AvgIpc) is 3.59. The van der Waals surface area contributed by atoms with Crippen molar-refractivity contribution in [2.75, 3.05) is 30.9 Å². The Balaban J connectivity index is 1.17. The highest BCUT2D eigenvalue weighted by Crippen LogP contribution is 2.44. The summed E-state index contributed by atoms with van der Waals surface area (Å²) in [5.41, 5.74) is 13.8. The molecule has 4 heterocycles. The van der Waals surface area contributed by atoms with Crippen LogP contribution in [0, 0.1) is 33.6 Å². The molecule has 206 valence electrons. The van der Waals surface area contributed by atoms with E-state index < -0.39 is 0 Å². The largest absolute Gasteiger partial charge is 0.481 e. The molecule has 1 fully saturated rings. The van der Waals surface area contributed by atoms with Crippen LogP contribution in [-0.2, 0) is 19.4 Å². The van der Waals surface area contributed by atoms with Crippen molar-refractivity contribution >= 4 is 28.8 Å². The monoisotopic (exact) mass is 553 g/mol. The molecule has 38 heavy (non-hydrogen) atoms. The molecule has 2 N–H and O–H groups in total. The van der Waals surface area contributed by atoms with Gasteiger partial charge in [0.1, 0.15) is 0 Å². The van der Waals surface area contributed by atoms with Gasteiger partial charge in [-0.3, -0.25) is 4.68 Å². The Bertz CT molecular complexity index is 1240. The molecule has 3 aromatic heterocycles. The average molecular weight is 554 g/mol. The van der Waals surface area contributed by atoms with E-state index in [1.54, 1.807) is 16.9 Å². The first-order chi connectivity index (χ1) is 18.4. The number of pyridine rings is 1. The zero-order valence-electron chi connectivity index (χ0n) is 23.6. The first-order valence-corrected chi connectivity index (χ1v) is 15.9. The minimum absolute atomic E-state index is 0.297. The summed E-state index contributed by atoms with van der Waals surface area (Å²) in [6, 6.07) is 4.54. The van der Waals surface area contributed by atoms with E-state index in [2.05, 4.69) is 75.7 Å². The van der Waals surface area contributed by atoms with E-state index in [1.807, 2.05) is 13.1 Å². The number of rotatable bonds is 10. The molecule has 1 aliphatic heterocycles. The summed E-state index contributed by atoms with van der Waals surface area (Å²) in [6.45, 7) is 11.3. The molecule has 2 aliphatic rings. The van der Waals surface area contributed by atoms with Gasteiger partial charge >= 0.3 is 0 Å². The second kappa shape index (κ2) is 12.0. The molecule has 3 aromatic rings. The lowest BCUT2D eigenvalue weighted by molar-refractivity contribution is 0.364. The Hall–Kier alpha value is -2.03. The number of aromatic nitrogens is 3. The molecule has 5 rings (SSSR count). The topological polar surface area (TPSA) is 69.2 Å². The zero-order valence-corrected chi connectivity index (χ0v) is 25.3. The smallest absolute Gasteiger partial charge is 0.218 e. The number of anilines is 1. The molecule has 0 spiro atoms. The van der Waals surface area contributed by atoms with Crippen LogP contribution in [-0.4, -0.2) is 46.0 Å². The van der Waals surface area contributed by atoms with Gasteiger partial charge in [0.15, 0.2) is 0 Å². The molecular weight excluding hydrogens is 510 g/mol. The van der Waals surface area contributed by atoms with Crippen molar-refractivity contribution in [2.45, 2.75) is 84.1 Å². The second-order valence-corrected chi connectivity index (χ2v) is 13.7. The molecular formula is C30H43N5OS2. The summed E-state index contributed by atoms with van der Waals surface area (Å²) in [4.78, 5) is 10.4. The molecule has 0 bridgehead atoms. The van der Waals surface area contributed by atoms with Crippen molar-refractivity contribution in [2.24, 2.45) is 11.7 Å². The van der Waals surface area contributed by atoms with Crippen LogP contribution >= 0.6 is 23.1 Å². The maximum Gasteiger partial charge on any atom is 0.218 e. The lowest BCUT2D eigenvalue weighted by Crippen LogP contribution is -2.25. The van der Waals surface area contributed by atoms with E-state index in [1.165, 1.54) is 60.2 Å². The molecule has 0 saturated heterocycles. The van der Waals surface area contributed by atoms with Crippen molar-refractivity contribution < 1.29 is 4.74 Å². The van der Waals surface area contributed by atoms with E-state index in [-0.39, 0.29) is 0 Å². The van der Waals surface area contributed by atoms with Gasteiger partial charge in [-0.2, -0.15) is 16.9 Å². The fourth-order valence-corrected chi connectivity index (χ4v) is 9.11. The predicted octanol–water partition coefficient (Wildman–Crippen LogP) is 6.18. The number of nitrogens with zero attached hydrogens (tertiary/aromatic N) is 4. The van der Waals surface area contributed by atoms with Crippen molar-refractivity contribution in [3.8, 4) is 5.88 Å². The summed E-state index contributed by atoms with van der Waals surface area (Å²) >= 11 is 4.19. The minimum Gasteiger partial charge on any atom is -0.481 e. The van der Waals surface area contributed by atoms with Crippen LogP contribution in [0.3, 0.4) is 0 Å². The highest BCUT2D eigenvalue weighted by molar-refractivity contribution is 7.99. The predicted molar refractivity (Wildman–Crippen MR) is 161 cm³/mol. The number of methoxy groups -OCH3 is 1. The van der Waals surface area contributed by atoms with E-state index in [0.717, 1.165) is 48.0 Å². The number of hydrogen-bond donors (Lipinski definition) is 1. The van der Waals surface area contributed by atoms with Gasteiger partial charge in [-0.1, -0.05) is 0 Å². The number of fused-ring (bicyclic) bond motifs is 1. The number of hydrogen-bond acceptors (Lipinski definition) is 7. The highest BCUT2D eigenvalue weighted by atomic mass is 32.2. The fraction of sp³-hybridized carbons (Fsp3) is 0.600. The van der Waals surface area contributed by atoms with E-state index >= 15 is 0 Å². The maximum absolute atomic E-state index is 6.10. The number of aryl methyl sites for hydroxylation is 3. The Morgan fingerprint density at radius 3 is 2.66 bits per heavy atom. The lowest BCUT2D eigenvalue weighted by atomic mass is 9.86. The first kappa shape index (κ1) is 27.5. The van der Waals surface area contributed by atoms with Crippen LogP contribution in [0.2, 0.25) is 0 Å². The SMILES string of the molecule is COc1nc(C)cc(C)c1CN1CCc2sc(CC3CCC(SCC(CN)n4nccc4C)CC3)c(C)c21. The van der Waals surface area contributed by atoms with E-state index in [0.29, 0.717) is 12.6 Å². The van der Waals surface area contributed by atoms with Crippen LogP contribution in [0.25, 0.3) is 0 Å². The minimum atomic E-state index is 0.297. The molecule has 6 nitrogen and oxygen atoms in total. The van der Waals surface area contributed by atoms with Crippen LogP contribution in [0.4, 0.5) is 5.69 Å². The first-order valence-electron chi connectivity index (χ1n) is 14.1. The zero-order chi connectivity index (χ0) is 26.8. The lowest BCUT2D eigenvalue weighted by Gasteiger charge is -2.29. The third-order valence-electron chi connectivity index (χ3n) is 8.47. The molecule has 1 saturated carbocycles. The van der Waals surface area contributed by atoms with Crippen LogP contribution in [0.5, 0.6) is 5.88 Å². The van der Waals surface area contributed by atoms with Gasteiger partial charge in [-0.25, -0.2) is 4.98 Å². The molecule has 0 aromatic carbocycles. The number of thiophene rings is 1. The third kappa shape index (κ3) is 5.77. The summed E-state index contributed by atoms with van der Waals surface area (Å²) in [6.07, 6.45) is 9.59. The summed E-state index contributed by atoms with van der Waals surface area (Å²) < 4.78 is 7.77. The van der Waals surface area contributed by atoms with Crippen molar-refractivity contribution in [1.29, 1.82) is 0 Å². The van der Waals surface area contributed by atoms with Crippen molar-refractivity contribution in [3.05, 3.63) is 56.2 Å². The standard InChI is InChI=1S/C30H43N5OS2/c1-19-14-20(2)33-30(36-5)26(19)17-34-13-11-27-29(34)22(4)28(38-27)15-23-6-8-25(9-7-23)37-18-24(16-31)35-21(3)10-12-32-35/h10,12,14,23-25H,6-9,11,13,15-18,31H2,1-5H3. The van der Waals surface area contributed by atoms with E-state index in [4.69, 9.17) is 10.5 Å². The van der Waals surface area contributed by atoms with Gasteiger partial charge in [0, 0.05) is 70.0 Å². The maximum atomic E-state index is 6.10. The molecule has 1 atom stereocenters. The Kier molecular flexibility index (Phi) is 8.70. The van der Waals surface area contributed by atoms with Crippen LogP contribution in [0.1, 0.15) is 69.6 Å². The molecule has 1 unspecified atom stereocenters. The Labute approximate surface area is 236 Å². The fourth-order valence-electron chi connectivity index (χ4n) is 6.29. The number of nitrogens with two attached hydrogens (primary N) is 1. The second-order valence-electron chi connectivity index (χ2n) is 11.1. The Morgan fingerprint density at radius 2 is 1.97 bits per heavy atom. The van der Waals surface area contributed by atoms with E-state index in [9.17, 15) is 0 Å². The highest BCUT2D eigenvalue weighted by Gasteiger charge is 2.30. The van der Waals surface area contributed by atoms with Crippen molar-refractivity contribution in [3.63, 3.8) is 0 Å². The molecule has 1 aliphatic carbocycles. The van der Waals surface area contributed by atoms with Gasteiger partial charge in [0.05, 0.1) is 18.8 Å².